The van der Waals surface area contributed by atoms with Crippen molar-refractivity contribution in [3.05, 3.63) is 28.8 Å². The smallest absolute Gasteiger partial charge is 0.477 e. The van der Waals surface area contributed by atoms with Crippen LogP contribution in [0.5, 0.6) is 5.75 Å². The standard InChI is InChI=1S/C8HF7O3/c9-2-1(7(16)17)6(18-8(13,14)15)5(12)4(11)3(2)10/h(H,16,17). The lowest BCUT2D eigenvalue weighted by atomic mass is 10.1. The van der Waals surface area contributed by atoms with Gasteiger partial charge in [-0.1, -0.05) is 0 Å². The number of carbonyl (C=O) groups is 1. The minimum atomic E-state index is -5.61. The van der Waals surface area contributed by atoms with Crippen molar-refractivity contribution in [3.63, 3.8) is 0 Å². The molecule has 0 atom stereocenters. The third-order valence-corrected chi connectivity index (χ3v) is 1.66. The number of aromatic carboxylic acids is 1. The first kappa shape index (κ1) is 14.1. The van der Waals surface area contributed by atoms with Gasteiger partial charge >= 0.3 is 12.3 Å². The molecule has 0 aliphatic carbocycles. The van der Waals surface area contributed by atoms with E-state index in [1.54, 1.807) is 0 Å². The summed E-state index contributed by atoms with van der Waals surface area (Å²) in [5.41, 5.74) is -2.09. The fourth-order valence-electron chi connectivity index (χ4n) is 1.01. The Balaban J connectivity index is 3.62. The average molecular weight is 278 g/mol. The minimum absolute atomic E-state index is 2.09. The van der Waals surface area contributed by atoms with Crippen LogP contribution in [0.2, 0.25) is 0 Å². The number of carboxylic acid groups (broad SMARTS) is 1. The molecule has 1 rings (SSSR count). The highest BCUT2D eigenvalue weighted by Crippen LogP contribution is 2.34. The van der Waals surface area contributed by atoms with Crippen LogP contribution in [0.3, 0.4) is 0 Å². The van der Waals surface area contributed by atoms with Crippen molar-refractivity contribution in [2.24, 2.45) is 0 Å². The van der Waals surface area contributed by atoms with Gasteiger partial charge in [0.2, 0.25) is 11.6 Å². The molecule has 0 aliphatic heterocycles. The van der Waals surface area contributed by atoms with Gasteiger partial charge in [-0.25, -0.2) is 18.0 Å². The van der Waals surface area contributed by atoms with Crippen LogP contribution < -0.4 is 4.74 Å². The Morgan fingerprint density at radius 3 is 1.78 bits per heavy atom. The van der Waals surface area contributed by atoms with Crippen LogP contribution in [-0.2, 0) is 0 Å². The fourth-order valence-corrected chi connectivity index (χ4v) is 1.01. The molecule has 0 spiro atoms. The summed E-state index contributed by atoms with van der Waals surface area (Å²) < 4.78 is 89.4. The van der Waals surface area contributed by atoms with Gasteiger partial charge in [-0.15, -0.1) is 13.2 Å². The van der Waals surface area contributed by atoms with Gasteiger partial charge in [0.15, 0.2) is 17.4 Å². The molecule has 0 saturated heterocycles. The molecule has 0 saturated carbocycles. The van der Waals surface area contributed by atoms with E-state index in [4.69, 9.17) is 5.11 Å². The van der Waals surface area contributed by atoms with E-state index < -0.39 is 46.9 Å². The molecule has 3 nitrogen and oxygen atoms in total. The van der Waals surface area contributed by atoms with E-state index in [1.165, 1.54) is 0 Å². The van der Waals surface area contributed by atoms with Crippen molar-refractivity contribution in [2.45, 2.75) is 6.36 Å². The summed E-state index contributed by atoms with van der Waals surface area (Å²) in [6.45, 7) is 0. The van der Waals surface area contributed by atoms with Crippen molar-refractivity contribution < 1.29 is 45.4 Å². The zero-order chi connectivity index (χ0) is 14.2. The minimum Gasteiger partial charge on any atom is -0.477 e. The Morgan fingerprint density at radius 1 is 0.944 bits per heavy atom. The van der Waals surface area contributed by atoms with Gasteiger partial charge in [-0.3, -0.25) is 0 Å². The summed E-state index contributed by atoms with van der Waals surface area (Å²) in [6, 6.07) is 0. The van der Waals surface area contributed by atoms with Gasteiger partial charge in [0.1, 0.15) is 5.56 Å². The Hall–Kier alpha value is -2.00. The molecule has 0 aliphatic rings. The maximum atomic E-state index is 12.9. The lowest BCUT2D eigenvalue weighted by Gasteiger charge is -2.13. The van der Waals surface area contributed by atoms with Gasteiger partial charge in [-0.2, -0.15) is 4.39 Å². The molecule has 1 aromatic rings. The topological polar surface area (TPSA) is 46.5 Å². The Labute approximate surface area is 93.4 Å². The second-order valence-corrected chi connectivity index (χ2v) is 2.81. The van der Waals surface area contributed by atoms with E-state index in [9.17, 15) is 35.5 Å². The number of carboxylic acids is 1. The van der Waals surface area contributed by atoms with Gasteiger partial charge in [-0.05, 0) is 0 Å². The first-order chi connectivity index (χ1) is 8.06. The van der Waals surface area contributed by atoms with E-state index in [2.05, 4.69) is 4.74 Å². The summed E-state index contributed by atoms with van der Waals surface area (Å²) >= 11 is 0. The van der Waals surface area contributed by atoms with E-state index in [-0.39, 0.29) is 0 Å². The predicted octanol–water partition coefficient (Wildman–Crippen LogP) is 2.84. The van der Waals surface area contributed by atoms with Gasteiger partial charge in [0.25, 0.3) is 0 Å². The molecule has 1 aromatic carbocycles. The third kappa shape index (κ3) is 2.46. The average Bonchev–Trinajstić information content (AvgIpc) is 2.20. The molecule has 1 N–H and O–H groups in total. The fraction of sp³-hybridized carbons (Fsp3) is 0.125. The van der Waals surface area contributed by atoms with Gasteiger partial charge in [0.05, 0.1) is 0 Å². The van der Waals surface area contributed by atoms with E-state index in [0.717, 1.165) is 0 Å². The summed E-state index contributed by atoms with van der Waals surface area (Å²) in [7, 11) is 0. The lowest BCUT2D eigenvalue weighted by molar-refractivity contribution is -0.275. The number of alkyl halides is 3. The van der Waals surface area contributed by atoms with Crippen LogP contribution >= 0.6 is 0 Å². The van der Waals surface area contributed by atoms with Crippen LogP contribution in [0.15, 0.2) is 0 Å². The van der Waals surface area contributed by atoms with E-state index >= 15 is 0 Å². The summed E-state index contributed by atoms with van der Waals surface area (Å²) in [6.07, 6.45) is -5.61. The van der Waals surface area contributed by atoms with Crippen molar-refractivity contribution >= 4 is 5.97 Å². The van der Waals surface area contributed by atoms with Gasteiger partial charge < -0.3 is 9.84 Å². The van der Waals surface area contributed by atoms with E-state index in [0.29, 0.717) is 0 Å². The monoisotopic (exact) mass is 278 g/mol. The predicted molar refractivity (Wildman–Crippen MR) is 39.9 cm³/mol. The van der Waals surface area contributed by atoms with Crippen molar-refractivity contribution in [3.8, 4) is 5.75 Å². The van der Waals surface area contributed by atoms with Crippen molar-refractivity contribution in [2.75, 3.05) is 0 Å². The highest BCUT2D eigenvalue weighted by Gasteiger charge is 2.38. The first-order valence-electron chi connectivity index (χ1n) is 3.91. The number of ether oxygens (including phenoxy) is 1. The second kappa shape index (κ2) is 4.35. The highest BCUT2D eigenvalue weighted by molar-refractivity contribution is 5.91. The Bertz CT molecular complexity index is 509. The number of benzene rings is 1. The van der Waals surface area contributed by atoms with Crippen LogP contribution in [0.1, 0.15) is 10.4 Å². The normalized spacial score (nSPS) is 11.5. The molecule has 0 heterocycles. The van der Waals surface area contributed by atoms with Gasteiger partial charge in [0, 0.05) is 0 Å². The molecular formula is C8HF7O3. The molecular weight excluding hydrogens is 277 g/mol. The SMILES string of the molecule is O=C(O)c1c(F)c(F)c(F)c(F)c1OC(F)(F)F. The molecule has 10 heteroatoms. The Kier molecular flexibility index (Phi) is 3.40. The zero-order valence-electron chi connectivity index (χ0n) is 7.91. The molecule has 0 amide bonds. The van der Waals surface area contributed by atoms with Crippen LogP contribution in [0, 0.1) is 23.3 Å². The summed E-state index contributed by atoms with van der Waals surface area (Å²) in [4.78, 5) is 10.4. The lowest BCUT2D eigenvalue weighted by Crippen LogP contribution is -2.22. The quantitative estimate of drug-likeness (QED) is 0.514. The van der Waals surface area contributed by atoms with E-state index in [1.807, 2.05) is 0 Å². The third-order valence-electron chi connectivity index (χ3n) is 1.66. The molecule has 0 fully saturated rings. The molecule has 18 heavy (non-hydrogen) atoms. The number of hydrogen-bond donors (Lipinski definition) is 1. The second-order valence-electron chi connectivity index (χ2n) is 2.81. The van der Waals surface area contributed by atoms with Crippen LogP contribution in [0.25, 0.3) is 0 Å². The molecule has 0 aromatic heterocycles. The largest absolute Gasteiger partial charge is 0.573 e. The summed E-state index contributed by atoms with van der Waals surface area (Å²) in [5, 5.41) is 8.34. The van der Waals surface area contributed by atoms with Crippen molar-refractivity contribution in [1.82, 2.24) is 0 Å². The maximum Gasteiger partial charge on any atom is 0.573 e. The highest BCUT2D eigenvalue weighted by atomic mass is 19.4. The van der Waals surface area contributed by atoms with Crippen molar-refractivity contribution in [1.29, 1.82) is 0 Å². The number of halogens is 7. The first-order valence-corrected chi connectivity index (χ1v) is 3.91. The Morgan fingerprint density at radius 2 is 1.39 bits per heavy atom. The zero-order valence-corrected chi connectivity index (χ0v) is 7.91. The number of rotatable bonds is 2. The molecule has 100 valence electrons. The van der Waals surface area contributed by atoms with Crippen LogP contribution in [-0.4, -0.2) is 17.4 Å². The van der Waals surface area contributed by atoms with Crippen LogP contribution in [0.4, 0.5) is 30.7 Å². The summed E-state index contributed by atoms with van der Waals surface area (Å²) in [5.74, 6) is -15.0. The molecule has 0 bridgehead atoms. The number of hydrogen-bond acceptors (Lipinski definition) is 2. The molecule has 0 unspecified atom stereocenters. The maximum absolute atomic E-state index is 12.9. The molecule has 0 radical (unpaired) electrons.